The number of hydrogen-bond acceptors (Lipinski definition) is 4. The number of pyridine rings is 1. The summed E-state index contributed by atoms with van der Waals surface area (Å²) in [6, 6.07) is 1.87. The number of ether oxygens (including phenoxy) is 3. The van der Waals surface area contributed by atoms with Crippen molar-refractivity contribution in [1.29, 1.82) is 0 Å². The van der Waals surface area contributed by atoms with Gasteiger partial charge in [0.05, 0.1) is 12.8 Å². The number of halogens is 1. The van der Waals surface area contributed by atoms with E-state index in [1.54, 1.807) is 19.5 Å². The van der Waals surface area contributed by atoms with E-state index in [-0.39, 0.29) is 0 Å². The van der Waals surface area contributed by atoms with Crippen LogP contribution in [0.3, 0.4) is 0 Å². The number of rotatable bonds is 8. The van der Waals surface area contributed by atoms with Crippen LogP contribution in [0.5, 0.6) is 5.75 Å². The second-order valence-corrected chi connectivity index (χ2v) is 4.06. The minimum Gasteiger partial charge on any atom is -0.490 e. The van der Waals surface area contributed by atoms with Gasteiger partial charge in [0.25, 0.3) is 0 Å². The third-order valence-electron chi connectivity index (χ3n) is 1.81. The molecule has 90 valence electrons. The SMILES string of the molecule is COCCCOCCOc1cncc(Br)c1. The highest BCUT2D eigenvalue weighted by molar-refractivity contribution is 9.10. The Morgan fingerprint density at radius 2 is 2.06 bits per heavy atom. The first-order chi connectivity index (χ1) is 7.83. The number of methoxy groups -OCH3 is 1. The molecule has 0 unspecified atom stereocenters. The molecule has 0 radical (unpaired) electrons. The minimum atomic E-state index is 0.533. The largest absolute Gasteiger partial charge is 0.490 e. The van der Waals surface area contributed by atoms with Crippen molar-refractivity contribution in [3.8, 4) is 5.75 Å². The van der Waals surface area contributed by atoms with E-state index in [1.807, 2.05) is 6.07 Å². The van der Waals surface area contributed by atoms with Crippen LogP contribution < -0.4 is 4.74 Å². The van der Waals surface area contributed by atoms with Crippen molar-refractivity contribution in [3.05, 3.63) is 22.9 Å². The monoisotopic (exact) mass is 289 g/mol. The molecule has 0 aliphatic heterocycles. The van der Waals surface area contributed by atoms with Crippen LogP contribution in [0.1, 0.15) is 6.42 Å². The third kappa shape index (κ3) is 6.05. The Hall–Kier alpha value is -0.650. The van der Waals surface area contributed by atoms with Gasteiger partial charge in [-0.05, 0) is 28.4 Å². The quantitative estimate of drug-likeness (QED) is 0.689. The lowest BCUT2D eigenvalue weighted by atomic mass is 10.5. The maximum absolute atomic E-state index is 5.44. The van der Waals surface area contributed by atoms with E-state index in [1.165, 1.54) is 0 Å². The highest BCUT2D eigenvalue weighted by atomic mass is 79.9. The second-order valence-electron chi connectivity index (χ2n) is 3.15. The van der Waals surface area contributed by atoms with Crippen molar-refractivity contribution in [3.63, 3.8) is 0 Å². The maximum atomic E-state index is 5.44. The van der Waals surface area contributed by atoms with Crippen LogP contribution in [0.4, 0.5) is 0 Å². The van der Waals surface area contributed by atoms with Crippen LogP contribution in [-0.2, 0) is 9.47 Å². The first-order valence-electron chi connectivity index (χ1n) is 5.13. The highest BCUT2D eigenvalue weighted by Gasteiger charge is 1.95. The molecule has 1 aromatic rings. The van der Waals surface area contributed by atoms with Gasteiger partial charge in [0.2, 0.25) is 0 Å². The molecule has 0 saturated heterocycles. The van der Waals surface area contributed by atoms with Crippen molar-refractivity contribution in [2.75, 3.05) is 33.5 Å². The zero-order valence-electron chi connectivity index (χ0n) is 9.32. The summed E-state index contributed by atoms with van der Waals surface area (Å²) in [4.78, 5) is 3.99. The van der Waals surface area contributed by atoms with E-state index in [0.29, 0.717) is 19.8 Å². The Bertz CT molecular complexity index is 296. The van der Waals surface area contributed by atoms with Gasteiger partial charge in [-0.2, -0.15) is 0 Å². The topological polar surface area (TPSA) is 40.6 Å². The summed E-state index contributed by atoms with van der Waals surface area (Å²) in [6.45, 7) is 2.55. The van der Waals surface area contributed by atoms with E-state index in [0.717, 1.165) is 23.2 Å². The van der Waals surface area contributed by atoms with Gasteiger partial charge in [0.15, 0.2) is 0 Å². The van der Waals surface area contributed by atoms with Gasteiger partial charge in [-0.3, -0.25) is 4.98 Å². The zero-order valence-corrected chi connectivity index (χ0v) is 10.9. The van der Waals surface area contributed by atoms with E-state index < -0.39 is 0 Å². The molecule has 0 aliphatic rings. The summed E-state index contributed by atoms with van der Waals surface area (Å²) in [5.41, 5.74) is 0. The molecule has 5 heteroatoms. The number of aromatic nitrogens is 1. The summed E-state index contributed by atoms with van der Waals surface area (Å²) in [5, 5.41) is 0. The third-order valence-corrected chi connectivity index (χ3v) is 2.25. The van der Waals surface area contributed by atoms with E-state index in [4.69, 9.17) is 14.2 Å². The molecule has 16 heavy (non-hydrogen) atoms. The van der Waals surface area contributed by atoms with Gasteiger partial charge < -0.3 is 14.2 Å². The van der Waals surface area contributed by atoms with Crippen molar-refractivity contribution < 1.29 is 14.2 Å². The van der Waals surface area contributed by atoms with Crippen LogP contribution in [0.2, 0.25) is 0 Å². The molecule has 1 aromatic heterocycles. The fourth-order valence-electron chi connectivity index (χ4n) is 1.10. The Balaban J connectivity index is 2.03. The summed E-state index contributed by atoms with van der Waals surface area (Å²) < 4.78 is 16.6. The van der Waals surface area contributed by atoms with Gasteiger partial charge in [0, 0.05) is 31.0 Å². The molecule has 0 atom stereocenters. The van der Waals surface area contributed by atoms with Crippen molar-refractivity contribution in [2.45, 2.75) is 6.42 Å². The van der Waals surface area contributed by atoms with Gasteiger partial charge in [0.1, 0.15) is 12.4 Å². The molecule has 0 bridgehead atoms. The van der Waals surface area contributed by atoms with Crippen molar-refractivity contribution in [1.82, 2.24) is 4.98 Å². The molecular weight excluding hydrogens is 274 g/mol. The molecule has 0 spiro atoms. The van der Waals surface area contributed by atoms with Crippen LogP contribution >= 0.6 is 15.9 Å². The van der Waals surface area contributed by atoms with Crippen molar-refractivity contribution >= 4 is 15.9 Å². The molecule has 0 aromatic carbocycles. The first kappa shape index (κ1) is 13.4. The standard InChI is InChI=1S/C11H16BrNO3/c1-14-3-2-4-15-5-6-16-11-7-10(12)8-13-9-11/h7-9H,2-6H2,1H3. The highest BCUT2D eigenvalue weighted by Crippen LogP contribution is 2.15. The normalized spacial score (nSPS) is 10.4. The lowest BCUT2D eigenvalue weighted by Gasteiger charge is -2.06. The van der Waals surface area contributed by atoms with Gasteiger partial charge in [-0.15, -0.1) is 0 Å². The summed E-state index contributed by atoms with van der Waals surface area (Å²) in [6.07, 6.45) is 4.30. The predicted octanol–water partition coefficient (Wildman–Crippen LogP) is 2.28. The molecule has 0 saturated carbocycles. The molecule has 1 heterocycles. The molecule has 0 N–H and O–H groups in total. The molecule has 1 rings (SSSR count). The van der Waals surface area contributed by atoms with Crippen LogP contribution in [0.25, 0.3) is 0 Å². The lowest BCUT2D eigenvalue weighted by molar-refractivity contribution is 0.0805. The number of hydrogen-bond donors (Lipinski definition) is 0. The predicted molar refractivity (Wildman–Crippen MR) is 64.7 cm³/mol. The second kappa shape index (κ2) is 8.50. The first-order valence-corrected chi connectivity index (χ1v) is 5.92. The smallest absolute Gasteiger partial charge is 0.138 e. The fraction of sp³-hybridized carbons (Fsp3) is 0.545. The average Bonchev–Trinajstić information content (AvgIpc) is 2.28. The molecule has 0 fully saturated rings. The van der Waals surface area contributed by atoms with Gasteiger partial charge in [-0.25, -0.2) is 0 Å². The Morgan fingerprint density at radius 3 is 2.81 bits per heavy atom. The van der Waals surface area contributed by atoms with E-state index in [9.17, 15) is 0 Å². The lowest BCUT2D eigenvalue weighted by Crippen LogP contribution is -2.08. The van der Waals surface area contributed by atoms with Crippen LogP contribution in [0.15, 0.2) is 22.9 Å². The maximum Gasteiger partial charge on any atom is 0.138 e. The summed E-state index contributed by atoms with van der Waals surface area (Å²) in [5.74, 6) is 0.745. The summed E-state index contributed by atoms with van der Waals surface area (Å²) >= 11 is 3.33. The minimum absolute atomic E-state index is 0.533. The zero-order chi connectivity index (χ0) is 11.6. The summed E-state index contributed by atoms with van der Waals surface area (Å²) in [7, 11) is 1.68. The fourth-order valence-corrected chi connectivity index (χ4v) is 1.44. The van der Waals surface area contributed by atoms with Gasteiger partial charge in [-0.1, -0.05) is 0 Å². The van der Waals surface area contributed by atoms with Crippen molar-refractivity contribution in [2.24, 2.45) is 0 Å². The van der Waals surface area contributed by atoms with E-state index in [2.05, 4.69) is 20.9 Å². The number of nitrogens with zero attached hydrogens (tertiary/aromatic N) is 1. The Labute approximate surface area is 104 Å². The Kier molecular flexibility index (Phi) is 7.12. The molecular formula is C11H16BrNO3. The van der Waals surface area contributed by atoms with Crippen LogP contribution in [-0.4, -0.2) is 38.5 Å². The van der Waals surface area contributed by atoms with Crippen LogP contribution in [0, 0.1) is 0 Å². The molecule has 0 aliphatic carbocycles. The van der Waals surface area contributed by atoms with Gasteiger partial charge >= 0.3 is 0 Å². The molecule has 4 nitrogen and oxygen atoms in total. The Morgan fingerprint density at radius 1 is 1.19 bits per heavy atom. The van der Waals surface area contributed by atoms with E-state index >= 15 is 0 Å². The molecule has 0 amide bonds. The average molecular weight is 290 g/mol.